The molecule has 0 aromatic heterocycles. The van der Waals surface area contributed by atoms with E-state index in [2.05, 4.69) is 10.6 Å². The highest BCUT2D eigenvalue weighted by Gasteiger charge is 2.52. The molecular formula is C14H17ClN2O2. The second-order valence-corrected chi connectivity index (χ2v) is 5.21. The number of hydrogen-bond acceptors (Lipinski definition) is 2. The van der Waals surface area contributed by atoms with Crippen molar-refractivity contribution in [2.45, 2.75) is 25.2 Å². The molecule has 4 nitrogen and oxygen atoms in total. The first-order valence-electron chi connectivity index (χ1n) is 6.34. The predicted molar refractivity (Wildman–Crippen MR) is 74.1 cm³/mol. The minimum Gasteiger partial charge on any atom is -0.355 e. The van der Waals surface area contributed by atoms with Crippen LogP contribution in [0.3, 0.4) is 0 Å². The molecular weight excluding hydrogens is 264 g/mol. The summed E-state index contributed by atoms with van der Waals surface area (Å²) in [5, 5.41) is 6.13. The average molecular weight is 281 g/mol. The second-order valence-electron chi connectivity index (χ2n) is 4.80. The average Bonchev–Trinajstić information content (AvgIpc) is 3.16. The molecule has 0 aliphatic heterocycles. The molecule has 0 unspecified atom stereocenters. The zero-order valence-electron chi connectivity index (χ0n) is 10.8. The van der Waals surface area contributed by atoms with Gasteiger partial charge in [-0.2, -0.15) is 0 Å². The molecule has 1 aliphatic carbocycles. The first kappa shape index (κ1) is 13.9. The van der Waals surface area contributed by atoms with Crippen molar-refractivity contribution in [1.29, 1.82) is 0 Å². The first-order valence-corrected chi connectivity index (χ1v) is 6.72. The Kier molecular flexibility index (Phi) is 4.10. The summed E-state index contributed by atoms with van der Waals surface area (Å²) in [5.74, 6) is -0.104. The molecule has 2 rings (SSSR count). The lowest BCUT2D eigenvalue weighted by Gasteiger charge is -2.17. The van der Waals surface area contributed by atoms with E-state index in [0.29, 0.717) is 18.1 Å². The summed E-state index contributed by atoms with van der Waals surface area (Å²) in [6, 6.07) is 7.47. The van der Waals surface area contributed by atoms with Crippen molar-refractivity contribution in [2.75, 3.05) is 13.1 Å². The van der Waals surface area contributed by atoms with Crippen LogP contribution in [0.2, 0.25) is 5.02 Å². The Labute approximate surface area is 117 Å². The van der Waals surface area contributed by atoms with Crippen LogP contribution < -0.4 is 10.6 Å². The first-order chi connectivity index (χ1) is 9.06. The highest BCUT2D eigenvalue weighted by molar-refractivity contribution is 6.31. The molecule has 0 spiro atoms. The fraction of sp³-hybridized carbons (Fsp3) is 0.429. The Balaban J connectivity index is 1.95. The summed E-state index contributed by atoms with van der Waals surface area (Å²) in [7, 11) is 0. The van der Waals surface area contributed by atoms with Gasteiger partial charge in [-0.25, -0.2) is 0 Å². The third-order valence-corrected chi connectivity index (χ3v) is 3.69. The Morgan fingerprint density at radius 1 is 1.21 bits per heavy atom. The molecule has 5 heteroatoms. The molecule has 0 atom stereocenters. The SMILES string of the molecule is CC(=O)NCCNC(=O)C1(c2ccccc2Cl)CC1. The van der Waals surface area contributed by atoms with Crippen molar-refractivity contribution >= 4 is 23.4 Å². The minimum absolute atomic E-state index is 0.00838. The molecule has 0 saturated heterocycles. The van der Waals surface area contributed by atoms with Crippen LogP contribution in [-0.4, -0.2) is 24.9 Å². The maximum atomic E-state index is 12.2. The van der Waals surface area contributed by atoms with Gasteiger partial charge in [0.05, 0.1) is 5.41 Å². The van der Waals surface area contributed by atoms with E-state index >= 15 is 0 Å². The quantitative estimate of drug-likeness (QED) is 0.806. The van der Waals surface area contributed by atoms with Gasteiger partial charge in [0.15, 0.2) is 0 Å². The van der Waals surface area contributed by atoms with E-state index in [1.807, 2.05) is 24.3 Å². The zero-order chi connectivity index (χ0) is 13.9. The third kappa shape index (κ3) is 3.07. The Morgan fingerprint density at radius 2 is 1.84 bits per heavy atom. The van der Waals surface area contributed by atoms with Crippen LogP contribution in [0.1, 0.15) is 25.3 Å². The van der Waals surface area contributed by atoms with Crippen LogP contribution >= 0.6 is 11.6 Å². The smallest absolute Gasteiger partial charge is 0.230 e. The number of amides is 2. The number of rotatable bonds is 5. The van der Waals surface area contributed by atoms with E-state index in [0.717, 1.165) is 18.4 Å². The number of benzene rings is 1. The monoisotopic (exact) mass is 280 g/mol. The Bertz CT molecular complexity index is 498. The molecule has 1 aromatic rings. The van der Waals surface area contributed by atoms with Crippen LogP contribution in [0.5, 0.6) is 0 Å². The molecule has 0 heterocycles. The van der Waals surface area contributed by atoms with Gasteiger partial charge in [-0.15, -0.1) is 0 Å². The van der Waals surface area contributed by atoms with Gasteiger partial charge in [-0.3, -0.25) is 9.59 Å². The topological polar surface area (TPSA) is 58.2 Å². The van der Waals surface area contributed by atoms with Gasteiger partial charge in [-0.1, -0.05) is 29.8 Å². The largest absolute Gasteiger partial charge is 0.355 e. The summed E-state index contributed by atoms with van der Waals surface area (Å²) in [6.07, 6.45) is 1.64. The second kappa shape index (κ2) is 5.61. The van der Waals surface area contributed by atoms with E-state index in [9.17, 15) is 9.59 Å². The van der Waals surface area contributed by atoms with Gasteiger partial charge in [0.2, 0.25) is 11.8 Å². The minimum atomic E-state index is -0.464. The number of carbonyl (C=O) groups is 2. The van der Waals surface area contributed by atoms with Gasteiger partial charge < -0.3 is 10.6 Å². The van der Waals surface area contributed by atoms with Crippen molar-refractivity contribution in [3.8, 4) is 0 Å². The van der Waals surface area contributed by atoms with Crippen molar-refractivity contribution in [3.63, 3.8) is 0 Å². The van der Waals surface area contributed by atoms with Gasteiger partial charge in [0.25, 0.3) is 0 Å². The van der Waals surface area contributed by atoms with E-state index in [4.69, 9.17) is 11.6 Å². The molecule has 2 amide bonds. The lowest BCUT2D eigenvalue weighted by Crippen LogP contribution is -2.39. The number of halogens is 1. The molecule has 0 bridgehead atoms. The van der Waals surface area contributed by atoms with Crippen LogP contribution in [0, 0.1) is 0 Å². The Hall–Kier alpha value is -1.55. The van der Waals surface area contributed by atoms with Crippen LogP contribution in [0.25, 0.3) is 0 Å². The van der Waals surface area contributed by atoms with Crippen molar-refractivity contribution < 1.29 is 9.59 Å². The fourth-order valence-corrected chi connectivity index (χ4v) is 2.49. The van der Waals surface area contributed by atoms with E-state index in [1.165, 1.54) is 6.92 Å². The molecule has 19 heavy (non-hydrogen) atoms. The van der Waals surface area contributed by atoms with Gasteiger partial charge in [0.1, 0.15) is 0 Å². The van der Waals surface area contributed by atoms with E-state index in [1.54, 1.807) is 0 Å². The molecule has 1 aromatic carbocycles. The summed E-state index contributed by atoms with van der Waals surface area (Å²) in [4.78, 5) is 23.0. The number of hydrogen-bond donors (Lipinski definition) is 2. The van der Waals surface area contributed by atoms with Crippen LogP contribution in [-0.2, 0) is 15.0 Å². The maximum absolute atomic E-state index is 12.2. The molecule has 102 valence electrons. The molecule has 1 saturated carbocycles. The normalized spacial score (nSPS) is 15.7. The van der Waals surface area contributed by atoms with Gasteiger partial charge in [-0.05, 0) is 24.5 Å². The number of carbonyl (C=O) groups excluding carboxylic acids is 2. The Morgan fingerprint density at radius 3 is 2.42 bits per heavy atom. The molecule has 1 fully saturated rings. The summed E-state index contributed by atoms with van der Waals surface area (Å²) in [5.41, 5.74) is 0.433. The summed E-state index contributed by atoms with van der Waals surface area (Å²) >= 11 is 6.16. The van der Waals surface area contributed by atoms with Gasteiger partial charge in [0, 0.05) is 25.0 Å². The summed E-state index contributed by atoms with van der Waals surface area (Å²) in [6.45, 7) is 2.33. The van der Waals surface area contributed by atoms with Gasteiger partial charge >= 0.3 is 0 Å². The van der Waals surface area contributed by atoms with Crippen molar-refractivity contribution in [2.24, 2.45) is 0 Å². The molecule has 0 radical (unpaired) electrons. The lowest BCUT2D eigenvalue weighted by molar-refractivity contribution is -0.124. The molecule has 1 aliphatic rings. The third-order valence-electron chi connectivity index (χ3n) is 3.36. The highest BCUT2D eigenvalue weighted by atomic mass is 35.5. The van der Waals surface area contributed by atoms with Crippen LogP contribution in [0.15, 0.2) is 24.3 Å². The fourth-order valence-electron chi connectivity index (χ4n) is 2.18. The van der Waals surface area contributed by atoms with Crippen molar-refractivity contribution in [3.05, 3.63) is 34.9 Å². The maximum Gasteiger partial charge on any atom is 0.230 e. The molecule has 2 N–H and O–H groups in total. The lowest BCUT2D eigenvalue weighted by atomic mass is 9.95. The highest BCUT2D eigenvalue weighted by Crippen LogP contribution is 2.50. The summed E-state index contributed by atoms with van der Waals surface area (Å²) < 4.78 is 0. The zero-order valence-corrected chi connectivity index (χ0v) is 11.6. The van der Waals surface area contributed by atoms with Crippen LogP contribution in [0.4, 0.5) is 0 Å². The predicted octanol–water partition coefficient (Wildman–Crippen LogP) is 1.62. The van der Waals surface area contributed by atoms with Crippen molar-refractivity contribution in [1.82, 2.24) is 10.6 Å². The number of nitrogens with one attached hydrogen (secondary N) is 2. The van der Waals surface area contributed by atoms with E-state index < -0.39 is 5.41 Å². The standard InChI is InChI=1S/C14H17ClN2O2/c1-10(18)16-8-9-17-13(19)14(6-7-14)11-4-2-3-5-12(11)15/h2-5H,6-9H2,1H3,(H,16,18)(H,17,19). The van der Waals surface area contributed by atoms with E-state index in [-0.39, 0.29) is 11.8 Å².